The van der Waals surface area contributed by atoms with Gasteiger partial charge in [-0.3, -0.25) is 4.79 Å². The van der Waals surface area contributed by atoms with Crippen LogP contribution in [0.2, 0.25) is 10.0 Å². The van der Waals surface area contributed by atoms with E-state index in [1.165, 1.54) is 0 Å². The topological polar surface area (TPSA) is 67.0 Å². The number of nitrogens with zero attached hydrogens (tertiary/aromatic N) is 1. The van der Waals surface area contributed by atoms with Crippen molar-refractivity contribution in [1.82, 2.24) is 9.97 Å². The predicted molar refractivity (Wildman–Crippen MR) is 98.4 cm³/mol. The number of anilines is 1. The molecule has 0 unspecified atom stereocenters. The van der Waals surface area contributed by atoms with Crippen LogP contribution in [0.4, 0.5) is 5.69 Å². The second-order valence-corrected chi connectivity index (χ2v) is 6.75. The maximum atomic E-state index is 12.4. The van der Waals surface area contributed by atoms with Gasteiger partial charge in [0, 0.05) is 17.9 Å². The van der Waals surface area contributed by atoms with E-state index in [4.69, 9.17) is 27.9 Å². The van der Waals surface area contributed by atoms with Gasteiger partial charge >= 0.3 is 0 Å². The van der Waals surface area contributed by atoms with Crippen LogP contribution in [0.3, 0.4) is 0 Å². The number of carbonyl (C=O) groups excluding carboxylic acids is 1. The summed E-state index contributed by atoms with van der Waals surface area (Å²) in [6.07, 6.45) is 2.05. The molecule has 0 spiro atoms. The van der Waals surface area contributed by atoms with Gasteiger partial charge in [0.1, 0.15) is 11.9 Å². The van der Waals surface area contributed by atoms with Crippen molar-refractivity contribution in [3.8, 4) is 0 Å². The van der Waals surface area contributed by atoms with E-state index < -0.39 is 0 Å². The van der Waals surface area contributed by atoms with Gasteiger partial charge in [0.25, 0.3) is 5.91 Å². The molecule has 128 valence electrons. The van der Waals surface area contributed by atoms with E-state index in [1.807, 2.05) is 18.2 Å². The molecule has 1 aliphatic heterocycles. The zero-order valence-corrected chi connectivity index (χ0v) is 14.7. The highest BCUT2D eigenvalue weighted by Gasteiger charge is 2.21. The molecule has 4 rings (SSSR count). The molecule has 1 amide bonds. The number of rotatable bonds is 3. The van der Waals surface area contributed by atoms with Gasteiger partial charge in [-0.2, -0.15) is 0 Å². The second kappa shape index (κ2) is 6.67. The molecule has 7 heteroatoms. The monoisotopic (exact) mass is 375 g/mol. The van der Waals surface area contributed by atoms with Gasteiger partial charge in [-0.1, -0.05) is 23.2 Å². The number of hydrogen-bond acceptors (Lipinski definition) is 3. The van der Waals surface area contributed by atoms with Crippen LogP contribution < -0.4 is 5.32 Å². The number of carbonyl (C=O) groups is 1. The normalized spacial score (nSPS) is 17.1. The summed E-state index contributed by atoms with van der Waals surface area (Å²) in [6, 6.07) is 10.3. The quantitative estimate of drug-likeness (QED) is 0.678. The lowest BCUT2D eigenvalue weighted by Gasteiger charge is -2.06. The van der Waals surface area contributed by atoms with Gasteiger partial charge in [0.2, 0.25) is 0 Å². The van der Waals surface area contributed by atoms with Gasteiger partial charge in [0.15, 0.2) is 0 Å². The molecule has 0 saturated carbocycles. The molecule has 3 aromatic rings. The molecule has 2 N–H and O–H groups in total. The molecule has 2 heterocycles. The molecule has 1 saturated heterocycles. The first-order valence-corrected chi connectivity index (χ1v) is 8.73. The third-order valence-electron chi connectivity index (χ3n) is 4.17. The van der Waals surface area contributed by atoms with E-state index in [2.05, 4.69) is 15.3 Å². The molecule has 1 aromatic heterocycles. The maximum absolute atomic E-state index is 12.4. The van der Waals surface area contributed by atoms with Crippen LogP contribution >= 0.6 is 23.2 Å². The number of hydrogen-bond donors (Lipinski definition) is 2. The van der Waals surface area contributed by atoms with Crippen LogP contribution in [-0.4, -0.2) is 22.5 Å². The summed E-state index contributed by atoms with van der Waals surface area (Å²) in [5.41, 5.74) is 2.82. The fraction of sp³-hybridized carbons (Fsp3) is 0.222. The summed E-state index contributed by atoms with van der Waals surface area (Å²) in [6.45, 7) is 0.771. The Kier molecular flexibility index (Phi) is 4.37. The Hall–Kier alpha value is -2.08. The van der Waals surface area contributed by atoms with Crippen molar-refractivity contribution in [3.05, 3.63) is 57.8 Å². The number of aromatic amines is 1. The molecule has 25 heavy (non-hydrogen) atoms. The van der Waals surface area contributed by atoms with Gasteiger partial charge in [-0.25, -0.2) is 4.98 Å². The lowest BCUT2D eigenvalue weighted by atomic mass is 10.2. The lowest BCUT2D eigenvalue weighted by Crippen LogP contribution is -2.11. The van der Waals surface area contributed by atoms with Gasteiger partial charge in [-0.15, -0.1) is 0 Å². The first-order valence-electron chi connectivity index (χ1n) is 7.98. The summed E-state index contributed by atoms with van der Waals surface area (Å²) in [5.74, 6) is 0.581. The third-order valence-corrected chi connectivity index (χ3v) is 4.91. The summed E-state index contributed by atoms with van der Waals surface area (Å²) >= 11 is 11.8. The summed E-state index contributed by atoms with van der Waals surface area (Å²) in [4.78, 5) is 20.2. The standard InChI is InChI=1S/C18H15Cl2N3O2/c19-12-5-3-10(8-13(12)20)18(24)21-11-4-6-14-15(9-11)23-17(22-14)16-2-1-7-25-16/h3-6,8-9,16H,1-2,7H2,(H,21,24)(H,22,23)/t16-/m0/s1. The summed E-state index contributed by atoms with van der Waals surface area (Å²) < 4.78 is 5.66. The Morgan fingerprint density at radius 2 is 2.08 bits per heavy atom. The van der Waals surface area contributed by atoms with Crippen LogP contribution in [0, 0.1) is 0 Å². The van der Waals surface area contributed by atoms with Crippen LogP contribution in [-0.2, 0) is 4.74 Å². The van der Waals surface area contributed by atoms with Crippen molar-refractivity contribution in [1.29, 1.82) is 0 Å². The Bertz CT molecular complexity index is 949. The highest BCUT2D eigenvalue weighted by Crippen LogP contribution is 2.29. The fourth-order valence-electron chi connectivity index (χ4n) is 2.89. The summed E-state index contributed by atoms with van der Waals surface area (Å²) in [7, 11) is 0. The number of aromatic nitrogens is 2. The zero-order chi connectivity index (χ0) is 17.4. The first kappa shape index (κ1) is 16.4. The van der Waals surface area contributed by atoms with Gasteiger partial charge in [0.05, 0.1) is 21.1 Å². The molecule has 5 nitrogen and oxygen atoms in total. The first-order chi connectivity index (χ1) is 12.1. The molecule has 0 bridgehead atoms. The van der Waals surface area contributed by atoms with Crippen LogP contribution in [0.5, 0.6) is 0 Å². The minimum Gasteiger partial charge on any atom is -0.370 e. The third kappa shape index (κ3) is 3.35. The Labute approximate surface area is 154 Å². The Morgan fingerprint density at radius 3 is 2.84 bits per heavy atom. The van der Waals surface area contributed by atoms with E-state index in [9.17, 15) is 4.79 Å². The number of halogens is 2. The van der Waals surface area contributed by atoms with Gasteiger partial charge < -0.3 is 15.0 Å². The SMILES string of the molecule is O=C(Nc1ccc2nc([C@@H]3CCCO3)[nH]c2c1)c1ccc(Cl)c(Cl)c1. The predicted octanol–water partition coefficient (Wildman–Crippen LogP) is 4.97. The minimum atomic E-state index is -0.253. The number of imidazole rings is 1. The van der Waals surface area contributed by atoms with Crippen LogP contribution in [0.1, 0.15) is 35.1 Å². The van der Waals surface area contributed by atoms with Crippen molar-refractivity contribution in [3.63, 3.8) is 0 Å². The van der Waals surface area contributed by atoms with E-state index in [0.29, 0.717) is 21.3 Å². The number of ether oxygens (including phenoxy) is 1. The summed E-state index contributed by atoms with van der Waals surface area (Å²) in [5, 5.41) is 3.62. The number of H-pyrrole nitrogens is 1. The Morgan fingerprint density at radius 1 is 1.20 bits per heavy atom. The average molecular weight is 376 g/mol. The molecule has 1 fully saturated rings. The number of amides is 1. The van der Waals surface area contributed by atoms with E-state index in [1.54, 1.807) is 18.2 Å². The second-order valence-electron chi connectivity index (χ2n) is 5.94. The fourth-order valence-corrected chi connectivity index (χ4v) is 3.19. The van der Waals surface area contributed by atoms with Crippen molar-refractivity contribution in [2.45, 2.75) is 18.9 Å². The molecular formula is C18H15Cl2N3O2. The van der Waals surface area contributed by atoms with Crippen molar-refractivity contribution >= 4 is 45.8 Å². The van der Waals surface area contributed by atoms with E-state index in [-0.39, 0.29) is 12.0 Å². The smallest absolute Gasteiger partial charge is 0.255 e. The zero-order valence-electron chi connectivity index (χ0n) is 13.2. The maximum Gasteiger partial charge on any atom is 0.255 e. The van der Waals surface area contributed by atoms with Crippen LogP contribution in [0.25, 0.3) is 11.0 Å². The number of nitrogens with one attached hydrogen (secondary N) is 2. The van der Waals surface area contributed by atoms with E-state index in [0.717, 1.165) is 36.3 Å². The molecule has 2 aromatic carbocycles. The number of benzene rings is 2. The van der Waals surface area contributed by atoms with Crippen molar-refractivity contribution in [2.24, 2.45) is 0 Å². The van der Waals surface area contributed by atoms with Gasteiger partial charge in [-0.05, 0) is 49.2 Å². The highest BCUT2D eigenvalue weighted by atomic mass is 35.5. The van der Waals surface area contributed by atoms with Crippen LogP contribution in [0.15, 0.2) is 36.4 Å². The molecule has 1 aliphatic rings. The molecule has 0 aliphatic carbocycles. The largest absolute Gasteiger partial charge is 0.370 e. The highest BCUT2D eigenvalue weighted by molar-refractivity contribution is 6.42. The van der Waals surface area contributed by atoms with Crippen molar-refractivity contribution in [2.75, 3.05) is 11.9 Å². The molecular weight excluding hydrogens is 361 g/mol. The number of fused-ring (bicyclic) bond motifs is 1. The molecule has 1 atom stereocenters. The lowest BCUT2D eigenvalue weighted by molar-refractivity contribution is 0.102. The van der Waals surface area contributed by atoms with E-state index >= 15 is 0 Å². The minimum absolute atomic E-state index is 0.0293. The Balaban J connectivity index is 1.56. The van der Waals surface area contributed by atoms with Crippen molar-refractivity contribution < 1.29 is 9.53 Å². The molecule has 0 radical (unpaired) electrons. The average Bonchev–Trinajstić information content (AvgIpc) is 3.25.